The fourth-order valence-corrected chi connectivity index (χ4v) is 1.63. The zero-order valence-corrected chi connectivity index (χ0v) is 7.98. The molecule has 0 aromatic heterocycles. The molecule has 0 amide bonds. The van der Waals surface area contributed by atoms with Gasteiger partial charge in [-0.25, -0.2) is 8.78 Å². The Morgan fingerprint density at radius 3 is 2.54 bits per heavy atom. The molecule has 0 bridgehead atoms. The summed E-state index contributed by atoms with van der Waals surface area (Å²) >= 11 is 0. The van der Waals surface area contributed by atoms with Crippen LogP contribution in [0.1, 0.15) is 23.6 Å². The van der Waals surface area contributed by atoms with E-state index in [2.05, 4.69) is 0 Å². The highest BCUT2D eigenvalue weighted by molar-refractivity contribution is 5.34. The number of rotatable bonds is 3. The molecule has 0 aliphatic rings. The van der Waals surface area contributed by atoms with Gasteiger partial charge in [0.25, 0.3) is 0 Å². The van der Waals surface area contributed by atoms with Gasteiger partial charge < -0.3 is 0 Å². The number of halogens is 2. The van der Waals surface area contributed by atoms with Gasteiger partial charge in [0.15, 0.2) is 0 Å². The van der Waals surface area contributed by atoms with Crippen LogP contribution in [-0.2, 0) is 12.8 Å². The van der Waals surface area contributed by atoms with Gasteiger partial charge in [0.1, 0.15) is 0 Å². The zero-order chi connectivity index (χ0) is 9.84. The Labute approximate surface area is 77.6 Å². The topological polar surface area (TPSA) is 0 Å². The van der Waals surface area contributed by atoms with Crippen molar-refractivity contribution in [1.82, 2.24) is 0 Å². The lowest BCUT2D eigenvalue weighted by molar-refractivity contribution is 0.149. The van der Waals surface area contributed by atoms with E-state index in [-0.39, 0.29) is 6.42 Å². The Balaban J connectivity index is 2.98. The number of alkyl halides is 2. The molecule has 0 aliphatic heterocycles. The summed E-state index contributed by atoms with van der Waals surface area (Å²) in [6.07, 6.45) is -1.54. The largest absolute Gasteiger partial charge is 0.242 e. The summed E-state index contributed by atoms with van der Waals surface area (Å²) in [5, 5.41) is 0. The summed E-state index contributed by atoms with van der Waals surface area (Å²) in [6.45, 7) is 3.96. The molecule has 1 aromatic carbocycles. The highest BCUT2D eigenvalue weighted by Crippen LogP contribution is 2.17. The number of hydrogen-bond acceptors (Lipinski definition) is 0. The van der Waals surface area contributed by atoms with Gasteiger partial charge in [-0.05, 0) is 30.0 Å². The van der Waals surface area contributed by atoms with Gasteiger partial charge in [-0.15, -0.1) is 0 Å². The maximum atomic E-state index is 12.2. The molecule has 13 heavy (non-hydrogen) atoms. The molecule has 0 unspecified atom stereocenters. The second-order valence-corrected chi connectivity index (χ2v) is 3.16. The molecule has 1 rings (SSSR count). The molecule has 72 valence electrons. The van der Waals surface area contributed by atoms with Crippen molar-refractivity contribution in [2.24, 2.45) is 0 Å². The number of benzene rings is 1. The van der Waals surface area contributed by atoms with E-state index in [4.69, 9.17) is 0 Å². The van der Waals surface area contributed by atoms with Crippen molar-refractivity contribution in [3.05, 3.63) is 34.9 Å². The highest BCUT2D eigenvalue weighted by Gasteiger charge is 2.09. The van der Waals surface area contributed by atoms with Gasteiger partial charge in [0.2, 0.25) is 6.43 Å². The first kappa shape index (κ1) is 10.2. The standard InChI is InChI=1S/C11H14F2/c1-3-10-8(2)5-4-6-9(10)7-11(12)13/h4-6,11H,3,7H2,1-2H3. The van der Waals surface area contributed by atoms with Crippen molar-refractivity contribution in [2.75, 3.05) is 0 Å². The van der Waals surface area contributed by atoms with Crippen molar-refractivity contribution < 1.29 is 8.78 Å². The summed E-state index contributed by atoms with van der Waals surface area (Å²) in [6, 6.07) is 5.60. The average Bonchev–Trinajstić information content (AvgIpc) is 2.03. The maximum Gasteiger partial charge on any atom is 0.242 e. The summed E-state index contributed by atoms with van der Waals surface area (Å²) in [4.78, 5) is 0. The molecule has 0 aliphatic carbocycles. The van der Waals surface area contributed by atoms with E-state index in [1.807, 2.05) is 26.0 Å². The predicted molar refractivity (Wildman–Crippen MR) is 50.3 cm³/mol. The Bertz CT molecular complexity index is 279. The van der Waals surface area contributed by atoms with Crippen molar-refractivity contribution in [2.45, 2.75) is 33.1 Å². The fraction of sp³-hybridized carbons (Fsp3) is 0.455. The molecule has 0 N–H and O–H groups in total. The smallest absolute Gasteiger partial charge is 0.210 e. The van der Waals surface area contributed by atoms with E-state index in [0.717, 1.165) is 23.1 Å². The second kappa shape index (κ2) is 4.35. The molecular weight excluding hydrogens is 170 g/mol. The number of hydrogen-bond donors (Lipinski definition) is 0. The third-order valence-corrected chi connectivity index (χ3v) is 2.24. The minimum Gasteiger partial charge on any atom is -0.210 e. The van der Waals surface area contributed by atoms with Crippen LogP contribution >= 0.6 is 0 Å². The van der Waals surface area contributed by atoms with E-state index < -0.39 is 6.43 Å². The van der Waals surface area contributed by atoms with E-state index in [0.29, 0.717) is 0 Å². The average molecular weight is 184 g/mol. The summed E-state index contributed by atoms with van der Waals surface area (Å²) in [5.41, 5.74) is 2.97. The second-order valence-electron chi connectivity index (χ2n) is 3.16. The van der Waals surface area contributed by atoms with Crippen LogP contribution in [-0.4, -0.2) is 6.43 Å². The van der Waals surface area contributed by atoms with Crippen LogP contribution in [0, 0.1) is 6.92 Å². The Hall–Kier alpha value is -0.920. The maximum absolute atomic E-state index is 12.2. The molecule has 0 fully saturated rings. The molecule has 0 saturated heterocycles. The quantitative estimate of drug-likeness (QED) is 0.675. The van der Waals surface area contributed by atoms with Crippen LogP contribution in [0.25, 0.3) is 0 Å². The van der Waals surface area contributed by atoms with Crippen molar-refractivity contribution >= 4 is 0 Å². The Morgan fingerprint density at radius 2 is 2.00 bits per heavy atom. The molecule has 1 aromatic rings. The Kier molecular flexibility index (Phi) is 3.40. The summed E-state index contributed by atoms with van der Waals surface area (Å²) < 4.78 is 24.3. The van der Waals surface area contributed by atoms with Gasteiger partial charge in [0, 0.05) is 6.42 Å². The van der Waals surface area contributed by atoms with E-state index in [9.17, 15) is 8.78 Å². The first-order valence-electron chi connectivity index (χ1n) is 4.50. The molecule has 2 heteroatoms. The summed E-state index contributed by atoms with van der Waals surface area (Å²) in [7, 11) is 0. The lowest BCUT2D eigenvalue weighted by Gasteiger charge is -2.09. The van der Waals surface area contributed by atoms with E-state index >= 15 is 0 Å². The summed E-state index contributed by atoms with van der Waals surface area (Å²) in [5.74, 6) is 0. The molecule has 0 saturated carbocycles. The van der Waals surface area contributed by atoms with E-state index in [1.165, 1.54) is 0 Å². The van der Waals surface area contributed by atoms with Crippen LogP contribution in [0.15, 0.2) is 18.2 Å². The SMILES string of the molecule is CCc1c(C)cccc1CC(F)F. The van der Waals surface area contributed by atoms with Crippen LogP contribution in [0.4, 0.5) is 8.78 Å². The minimum atomic E-state index is -2.24. The van der Waals surface area contributed by atoms with Gasteiger partial charge in [-0.1, -0.05) is 25.1 Å². The Morgan fingerprint density at radius 1 is 1.31 bits per heavy atom. The zero-order valence-electron chi connectivity index (χ0n) is 7.98. The van der Waals surface area contributed by atoms with Crippen LogP contribution in [0.2, 0.25) is 0 Å². The van der Waals surface area contributed by atoms with Crippen molar-refractivity contribution in [1.29, 1.82) is 0 Å². The highest BCUT2D eigenvalue weighted by atomic mass is 19.3. The van der Waals surface area contributed by atoms with Crippen molar-refractivity contribution in [3.63, 3.8) is 0 Å². The molecule has 0 spiro atoms. The molecule has 0 atom stereocenters. The fourth-order valence-electron chi connectivity index (χ4n) is 1.63. The van der Waals surface area contributed by atoms with Gasteiger partial charge in [0.05, 0.1) is 0 Å². The molecule has 0 radical (unpaired) electrons. The monoisotopic (exact) mass is 184 g/mol. The normalized spacial score (nSPS) is 10.8. The molecule has 0 nitrogen and oxygen atoms in total. The van der Waals surface area contributed by atoms with Crippen LogP contribution < -0.4 is 0 Å². The van der Waals surface area contributed by atoms with Crippen molar-refractivity contribution in [3.8, 4) is 0 Å². The number of aryl methyl sites for hydroxylation is 1. The van der Waals surface area contributed by atoms with Gasteiger partial charge in [-0.3, -0.25) is 0 Å². The molecule has 0 heterocycles. The predicted octanol–water partition coefficient (Wildman–Crippen LogP) is 3.37. The first-order valence-corrected chi connectivity index (χ1v) is 4.50. The van der Waals surface area contributed by atoms with E-state index in [1.54, 1.807) is 6.07 Å². The van der Waals surface area contributed by atoms with Gasteiger partial charge >= 0.3 is 0 Å². The third-order valence-electron chi connectivity index (χ3n) is 2.24. The van der Waals surface area contributed by atoms with Crippen LogP contribution in [0.3, 0.4) is 0 Å². The molecular formula is C11H14F2. The lowest BCUT2D eigenvalue weighted by atomic mass is 9.98. The lowest BCUT2D eigenvalue weighted by Crippen LogP contribution is -2.02. The minimum absolute atomic E-state index is 0.120. The van der Waals surface area contributed by atoms with Crippen LogP contribution in [0.5, 0.6) is 0 Å². The first-order chi connectivity index (χ1) is 6.15. The van der Waals surface area contributed by atoms with Gasteiger partial charge in [-0.2, -0.15) is 0 Å². The third kappa shape index (κ3) is 2.51.